The van der Waals surface area contributed by atoms with Crippen molar-refractivity contribution < 1.29 is 23.1 Å². The van der Waals surface area contributed by atoms with Crippen molar-refractivity contribution in [3.63, 3.8) is 0 Å². The molecule has 1 N–H and O–H groups in total. The summed E-state index contributed by atoms with van der Waals surface area (Å²) in [6, 6.07) is 11.1. The summed E-state index contributed by atoms with van der Waals surface area (Å²) in [5.74, 6) is -0.132. The summed E-state index contributed by atoms with van der Waals surface area (Å²) < 4.78 is 31.9. The van der Waals surface area contributed by atoms with Gasteiger partial charge in [-0.05, 0) is 48.7 Å². The van der Waals surface area contributed by atoms with Crippen molar-refractivity contribution >= 4 is 21.6 Å². The average Bonchev–Trinajstić information content (AvgIpc) is 2.66. The molecule has 2 aromatic rings. The number of aliphatic hydroxyl groups excluding tert-OH is 1. The molecular weight excluding hydrogens is 354 g/mol. The molecule has 0 aliphatic carbocycles. The van der Waals surface area contributed by atoms with E-state index in [1.165, 1.54) is 19.2 Å². The van der Waals surface area contributed by atoms with E-state index in [4.69, 9.17) is 4.74 Å². The highest BCUT2D eigenvalue weighted by Gasteiger charge is 2.39. The Labute approximate surface area is 151 Å². The van der Waals surface area contributed by atoms with Gasteiger partial charge >= 0.3 is 0 Å². The Morgan fingerprint density at radius 1 is 1.19 bits per heavy atom. The molecule has 2 aliphatic heterocycles. The first kappa shape index (κ1) is 16.7. The van der Waals surface area contributed by atoms with Crippen LogP contribution in [-0.2, 0) is 16.4 Å². The molecule has 134 valence electrons. The van der Waals surface area contributed by atoms with Crippen LogP contribution in [0, 0.1) is 0 Å². The zero-order chi connectivity index (χ0) is 18.5. The number of allylic oxidation sites excluding steroid dienone is 1. The number of Topliss-reactive ketones (excluding diaryl/α,β-unsaturated/α-hetero) is 1. The Kier molecular flexibility index (Phi) is 3.77. The molecule has 2 aromatic carbocycles. The van der Waals surface area contributed by atoms with Gasteiger partial charge in [0.05, 0.1) is 11.5 Å². The van der Waals surface area contributed by atoms with E-state index in [-0.39, 0.29) is 21.9 Å². The molecule has 0 aromatic heterocycles. The Morgan fingerprint density at radius 3 is 2.77 bits per heavy atom. The topological polar surface area (TPSA) is 83.9 Å². The Bertz CT molecular complexity index is 1060. The van der Waals surface area contributed by atoms with Gasteiger partial charge in [-0.3, -0.25) is 9.10 Å². The second kappa shape index (κ2) is 5.88. The van der Waals surface area contributed by atoms with E-state index < -0.39 is 15.8 Å². The van der Waals surface area contributed by atoms with Crippen molar-refractivity contribution in [2.24, 2.45) is 0 Å². The summed E-state index contributed by atoms with van der Waals surface area (Å²) in [6.07, 6.45) is 1.67. The van der Waals surface area contributed by atoms with Gasteiger partial charge in [0.25, 0.3) is 10.0 Å². The van der Waals surface area contributed by atoms with Crippen LogP contribution in [0.2, 0.25) is 0 Å². The van der Waals surface area contributed by atoms with Crippen LogP contribution in [0.15, 0.2) is 53.1 Å². The maximum Gasteiger partial charge on any atom is 0.265 e. The molecule has 26 heavy (non-hydrogen) atoms. The molecule has 2 heterocycles. The van der Waals surface area contributed by atoms with Crippen LogP contribution in [0.25, 0.3) is 5.76 Å². The SMILES string of the molecule is CN1C(=C(O)c2ccc3c(c2)CCCO3)C(=O)c2ccccc2S1(=O)=O. The number of nitrogens with zero attached hydrogens (tertiary/aromatic N) is 1. The second-order valence-corrected chi connectivity index (χ2v) is 8.21. The largest absolute Gasteiger partial charge is 0.505 e. The maximum absolute atomic E-state index is 12.9. The zero-order valence-corrected chi connectivity index (χ0v) is 14.9. The first-order valence-electron chi connectivity index (χ1n) is 8.23. The summed E-state index contributed by atoms with van der Waals surface area (Å²) in [5.41, 5.74) is 1.13. The molecular formula is C19H17NO5S. The number of carbonyl (C=O) groups is 1. The summed E-state index contributed by atoms with van der Waals surface area (Å²) in [4.78, 5) is 12.8. The number of carbonyl (C=O) groups excluding carboxylic acids is 1. The van der Waals surface area contributed by atoms with Crippen LogP contribution >= 0.6 is 0 Å². The van der Waals surface area contributed by atoms with Crippen molar-refractivity contribution in [1.82, 2.24) is 4.31 Å². The molecule has 0 saturated heterocycles. The molecule has 0 amide bonds. The molecule has 7 heteroatoms. The minimum atomic E-state index is -3.90. The zero-order valence-electron chi connectivity index (χ0n) is 14.1. The number of hydrogen-bond acceptors (Lipinski definition) is 5. The monoisotopic (exact) mass is 371 g/mol. The Morgan fingerprint density at radius 2 is 1.96 bits per heavy atom. The minimum absolute atomic E-state index is 0.0529. The Hall–Kier alpha value is -2.80. The first-order valence-corrected chi connectivity index (χ1v) is 9.67. The number of ketones is 1. The number of aliphatic hydroxyl groups is 1. The molecule has 0 saturated carbocycles. The lowest BCUT2D eigenvalue weighted by Gasteiger charge is -2.28. The fourth-order valence-electron chi connectivity index (χ4n) is 3.32. The van der Waals surface area contributed by atoms with E-state index in [2.05, 4.69) is 0 Å². The summed E-state index contributed by atoms with van der Waals surface area (Å²) in [5, 5.41) is 10.8. The van der Waals surface area contributed by atoms with Crippen LogP contribution in [0.4, 0.5) is 0 Å². The first-order chi connectivity index (χ1) is 12.4. The van der Waals surface area contributed by atoms with Crippen molar-refractivity contribution in [3.8, 4) is 5.75 Å². The highest BCUT2D eigenvalue weighted by Crippen LogP contribution is 2.35. The van der Waals surface area contributed by atoms with Gasteiger partial charge in [0, 0.05) is 18.2 Å². The van der Waals surface area contributed by atoms with Crippen molar-refractivity contribution in [1.29, 1.82) is 0 Å². The van der Waals surface area contributed by atoms with Gasteiger partial charge in [-0.1, -0.05) is 12.1 Å². The lowest BCUT2D eigenvalue weighted by atomic mass is 10.00. The molecule has 2 aliphatic rings. The van der Waals surface area contributed by atoms with Gasteiger partial charge in [0.15, 0.2) is 5.76 Å². The van der Waals surface area contributed by atoms with E-state index in [0.717, 1.165) is 28.5 Å². The van der Waals surface area contributed by atoms with Crippen molar-refractivity contribution in [3.05, 3.63) is 64.9 Å². The summed E-state index contributed by atoms with van der Waals surface area (Å²) in [6.45, 7) is 0.648. The number of fused-ring (bicyclic) bond motifs is 2. The molecule has 0 atom stereocenters. The van der Waals surface area contributed by atoms with E-state index in [1.807, 2.05) is 0 Å². The number of rotatable bonds is 1. The van der Waals surface area contributed by atoms with Gasteiger partial charge in [-0.25, -0.2) is 8.42 Å². The van der Waals surface area contributed by atoms with Gasteiger partial charge in [-0.2, -0.15) is 0 Å². The number of sulfonamides is 1. The summed E-state index contributed by atoms with van der Waals surface area (Å²) >= 11 is 0. The predicted octanol–water partition coefficient (Wildman–Crippen LogP) is 2.76. The van der Waals surface area contributed by atoms with E-state index in [1.54, 1.807) is 30.3 Å². The number of benzene rings is 2. The van der Waals surface area contributed by atoms with E-state index in [9.17, 15) is 18.3 Å². The number of hydrogen-bond donors (Lipinski definition) is 1. The maximum atomic E-state index is 12.9. The lowest BCUT2D eigenvalue weighted by molar-refractivity contribution is 0.100. The standard InChI is InChI=1S/C19H17NO5S/c1-20-17(19(22)14-6-2-3-7-16(14)26(20,23)24)18(21)13-8-9-15-12(11-13)5-4-10-25-15/h2-3,6-9,11,21H,4-5,10H2,1H3. The molecule has 0 spiro atoms. The Balaban J connectivity index is 1.90. The molecule has 6 nitrogen and oxygen atoms in total. The van der Waals surface area contributed by atoms with Gasteiger partial charge in [-0.15, -0.1) is 0 Å². The minimum Gasteiger partial charge on any atom is -0.505 e. The third-order valence-electron chi connectivity index (χ3n) is 4.71. The van der Waals surface area contributed by atoms with Gasteiger partial charge in [0.1, 0.15) is 11.4 Å². The van der Waals surface area contributed by atoms with E-state index in [0.29, 0.717) is 12.2 Å². The predicted molar refractivity (Wildman–Crippen MR) is 95.5 cm³/mol. The molecule has 4 rings (SSSR count). The average molecular weight is 371 g/mol. The highest BCUT2D eigenvalue weighted by atomic mass is 32.2. The summed E-state index contributed by atoms with van der Waals surface area (Å²) in [7, 11) is -2.63. The van der Waals surface area contributed by atoms with Crippen molar-refractivity contribution in [2.45, 2.75) is 17.7 Å². The molecule has 0 bridgehead atoms. The quantitative estimate of drug-likeness (QED) is 0.616. The van der Waals surface area contributed by atoms with Gasteiger partial charge in [0.2, 0.25) is 5.78 Å². The lowest BCUT2D eigenvalue weighted by Crippen LogP contribution is -2.37. The van der Waals surface area contributed by atoms with Crippen LogP contribution in [-0.4, -0.2) is 37.3 Å². The third kappa shape index (κ3) is 2.39. The normalized spacial score (nSPS) is 20.0. The number of likely N-dealkylation sites (N-methyl/N-ethyl adjacent to an activating group) is 1. The van der Waals surface area contributed by atoms with Gasteiger partial charge < -0.3 is 9.84 Å². The van der Waals surface area contributed by atoms with E-state index >= 15 is 0 Å². The van der Waals surface area contributed by atoms with Crippen molar-refractivity contribution in [2.75, 3.05) is 13.7 Å². The number of ether oxygens (including phenoxy) is 1. The smallest absolute Gasteiger partial charge is 0.265 e. The molecule has 0 radical (unpaired) electrons. The molecule has 0 fully saturated rings. The van der Waals surface area contributed by atoms with Crippen LogP contribution in [0.5, 0.6) is 5.75 Å². The fourth-order valence-corrected chi connectivity index (χ4v) is 4.71. The number of aryl methyl sites for hydroxylation is 1. The third-order valence-corrected chi connectivity index (χ3v) is 6.52. The van der Waals surface area contributed by atoms with Crippen LogP contribution in [0.1, 0.15) is 27.9 Å². The van der Waals surface area contributed by atoms with Crippen LogP contribution < -0.4 is 4.74 Å². The molecule has 0 unspecified atom stereocenters. The van der Waals surface area contributed by atoms with Crippen LogP contribution in [0.3, 0.4) is 0 Å². The second-order valence-electron chi connectivity index (χ2n) is 6.27. The fraction of sp³-hybridized carbons (Fsp3) is 0.211. The highest BCUT2D eigenvalue weighted by molar-refractivity contribution is 7.89.